The second-order valence-corrected chi connectivity index (χ2v) is 7.16. The number of hydrogen-bond acceptors (Lipinski definition) is 6. The van der Waals surface area contributed by atoms with E-state index in [-0.39, 0.29) is 18.9 Å². The van der Waals surface area contributed by atoms with Crippen molar-refractivity contribution < 1.29 is 24.2 Å². The maximum absolute atomic E-state index is 12.8. The van der Waals surface area contributed by atoms with Gasteiger partial charge in [-0.15, -0.1) is 0 Å². The quantitative estimate of drug-likeness (QED) is 0.262. The minimum atomic E-state index is -1.30. The van der Waals surface area contributed by atoms with Crippen molar-refractivity contribution in [3.8, 4) is 0 Å². The third-order valence-electron chi connectivity index (χ3n) is 4.56. The third-order valence-corrected chi connectivity index (χ3v) is 4.56. The summed E-state index contributed by atoms with van der Waals surface area (Å²) in [6.45, 7) is 5.98. The van der Waals surface area contributed by atoms with Crippen LogP contribution in [0.4, 0.5) is 4.79 Å². The van der Waals surface area contributed by atoms with Crippen LogP contribution < -0.4 is 21.9 Å². The molecule has 0 aromatic carbocycles. The van der Waals surface area contributed by atoms with Gasteiger partial charge in [0.2, 0.25) is 5.91 Å². The summed E-state index contributed by atoms with van der Waals surface area (Å²) in [4.78, 5) is 41.4. The van der Waals surface area contributed by atoms with E-state index in [1.165, 1.54) is 4.90 Å². The van der Waals surface area contributed by atoms with Crippen molar-refractivity contribution >= 4 is 23.9 Å². The van der Waals surface area contributed by atoms with Gasteiger partial charge in [-0.05, 0) is 46.0 Å². The third kappa shape index (κ3) is 7.32. The highest BCUT2D eigenvalue weighted by Crippen LogP contribution is 2.19. The van der Waals surface area contributed by atoms with Gasteiger partial charge in [-0.1, -0.05) is 6.92 Å². The SMILES string of the molecule is CCC(C)(C)OC(=O)NC(CCCN=C(N)N)C(=O)N1CCCC1C(=O)[O-]. The first-order valence-corrected chi connectivity index (χ1v) is 9.13. The van der Waals surface area contributed by atoms with Crippen molar-refractivity contribution in [2.45, 2.75) is 70.6 Å². The van der Waals surface area contributed by atoms with Crippen molar-refractivity contribution in [2.24, 2.45) is 16.5 Å². The Hall–Kier alpha value is -2.52. The number of guanidine groups is 1. The zero-order chi connectivity index (χ0) is 20.6. The fraction of sp³-hybridized carbons (Fsp3) is 0.765. The standard InChI is InChI=1S/C17H31N5O5/c1-4-17(2,3)27-16(26)21-11(7-5-9-20-15(18)19)13(23)22-10-6-8-12(22)14(24)25/h11-12H,4-10H2,1-3H3,(H,21,26)(H,24,25)(H4,18,19,20)/p-1. The molecule has 1 rings (SSSR count). The van der Waals surface area contributed by atoms with Gasteiger partial charge in [0.25, 0.3) is 0 Å². The smallest absolute Gasteiger partial charge is 0.408 e. The summed E-state index contributed by atoms with van der Waals surface area (Å²) in [7, 11) is 0. The van der Waals surface area contributed by atoms with E-state index >= 15 is 0 Å². The maximum atomic E-state index is 12.8. The van der Waals surface area contributed by atoms with Gasteiger partial charge in [-0.3, -0.25) is 9.79 Å². The van der Waals surface area contributed by atoms with Crippen LogP contribution in [0.2, 0.25) is 0 Å². The van der Waals surface area contributed by atoms with E-state index in [4.69, 9.17) is 16.2 Å². The lowest BCUT2D eigenvalue weighted by molar-refractivity contribution is -0.310. The summed E-state index contributed by atoms with van der Waals surface area (Å²) < 4.78 is 5.33. The Labute approximate surface area is 159 Å². The van der Waals surface area contributed by atoms with E-state index in [2.05, 4.69) is 10.3 Å². The van der Waals surface area contributed by atoms with Crippen LogP contribution in [0.25, 0.3) is 0 Å². The minimum absolute atomic E-state index is 0.0634. The van der Waals surface area contributed by atoms with Gasteiger partial charge in [0.05, 0.1) is 12.0 Å². The number of hydrogen-bond donors (Lipinski definition) is 3. The molecule has 1 saturated heterocycles. The number of nitrogens with two attached hydrogens (primary N) is 2. The highest BCUT2D eigenvalue weighted by molar-refractivity contribution is 5.89. The molecule has 1 aliphatic heterocycles. The summed E-state index contributed by atoms with van der Waals surface area (Å²) in [6, 6.07) is -1.91. The van der Waals surface area contributed by atoms with E-state index in [9.17, 15) is 19.5 Å². The number of nitrogens with one attached hydrogen (secondary N) is 1. The van der Waals surface area contributed by atoms with Crippen molar-refractivity contribution in [2.75, 3.05) is 13.1 Å². The zero-order valence-corrected chi connectivity index (χ0v) is 16.2. The Bertz CT molecular complexity index is 574. The number of alkyl carbamates (subject to hydrolysis) is 1. The number of ether oxygens (including phenoxy) is 1. The number of nitrogens with zero attached hydrogens (tertiary/aromatic N) is 2. The van der Waals surface area contributed by atoms with Gasteiger partial charge in [0, 0.05) is 13.1 Å². The van der Waals surface area contributed by atoms with E-state index in [1.807, 2.05) is 6.92 Å². The fourth-order valence-electron chi connectivity index (χ4n) is 2.73. The average molecular weight is 384 g/mol. The first-order chi connectivity index (χ1) is 12.6. The lowest BCUT2D eigenvalue weighted by Gasteiger charge is -2.30. The first-order valence-electron chi connectivity index (χ1n) is 9.13. The lowest BCUT2D eigenvalue weighted by atomic mass is 10.1. The summed E-state index contributed by atoms with van der Waals surface area (Å²) >= 11 is 0. The molecule has 2 unspecified atom stereocenters. The largest absolute Gasteiger partial charge is 0.548 e. The number of carbonyl (C=O) groups excluding carboxylic acids is 3. The Morgan fingerprint density at radius 3 is 2.59 bits per heavy atom. The van der Waals surface area contributed by atoms with Crippen LogP contribution in [0, 0.1) is 0 Å². The molecule has 0 aromatic heterocycles. The molecule has 27 heavy (non-hydrogen) atoms. The number of carboxylic acids is 1. The Kier molecular flexibility index (Phi) is 8.32. The predicted octanol–water partition coefficient (Wildman–Crippen LogP) is -0.936. The molecule has 2 amide bonds. The molecule has 1 fully saturated rings. The average Bonchev–Trinajstić information content (AvgIpc) is 3.06. The zero-order valence-electron chi connectivity index (χ0n) is 16.2. The van der Waals surface area contributed by atoms with Crippen molar-refractivity contribution in [3.63, 3.8) is 0 Å². The van der Waals surface area contributed by atoms with Gasteiger partial charge < -0.3 is 36.3 Å². The Morgan fingerprint density at radius 2 is 2.04 bits per heavy atom. The van der Waals surface area contributed by atoms with Gasteiger partial charge in [0.15, 0.2) is 5.96 Å². The van der Waals surface area contributed by atoms with Crippen LogP contribution in [0.1, 0.15) is 52.9 Å². The van der Waals surface area contributed by atoms with Crippen LogP contribution in [0.3, 0.4) is 0 Å². The number of aliphatic imine (C=N–C) groups is 1. The normalized spacial score (nSPS) is 17.9. The summed E-state index contributed by atoms with van der Waals surface area (Å²) in [6.07, 6.45) is 1.44. The van der Waals surface area contributed by atoms with Crippen LogP contribution in [-0.2, 0) is 14.3 Å². The summed E-state index contributed by atoms with van der Waals surface area (Å²) in [5.74, 6) is -1.83. The van der Waals surface area contributed by atoms with Gasteiger partial charge in [-0.25, -0.2) is 4.79 Å². The number of aliphatic carboxylic acids is 1. The molecular weight excluding hydrogens is 354 g/mol. The first kappa shape index (κ1) is 22.5. The molecule has 0 spiro atoms. The summed E-state index contributed by atoms with van der Waals surface area (Å²) in [5, 5.41) is 13.8. The molecule has 1 aliphatic rings. The van der Waals surface area contributed by atoms with Crippen molar-refractivity contribution in [1.29, 1.82) is 0 Å². The molecule has 0 radical (unpaired) electrons. The van der Waals surface area contributed by atoms with Crippen LogP contribution in [0.15, 0.2) is 4.99 Å². The molecule has 0 bridgehead atoms. The number of carbonyl (C=O) groups is 3. The number of rotatable bonds is 9. The number of amides is 2. The molecule has 5 N–H and O–H groups in total. The van der Waals surface area contributed by atoms with Gasteiger partial charge in [-0.2, -0.15) is 0 Å². The van der Waals surface area contributed by atoms with E-state index < -0.39 is 35.7 Å². The van der Waals surface area contributed by atoms with Crippen molar-refractivity contribution in [3.05, 3.63) is 0 Å². The van der Waals surface area contributed by atoms with Gasteiger partial charge in [0.1, 0.15) is 11.6 Å². The Morgan fingerprint density at radius 1 is 1.37 bits per heavy atom. The second kappa shape index (κ2) is 9.98. The van der Waals surface area contributed by atoms with E-state index in [0.29, 0.717) is 32.2 Å². The summed E-state index contributed by atoms with van der Waals surface area (Å²) in [5.41, 5.74) is 9.87. The highest BCUT2D eigenvalue weighted by Gasteiger charge is 2.35. The molecule has 1 heterocycles. The molecule has 2 atom stereocenters. The second-order valence-electron chi connectivity index (χ2n) is 7.16. The van der Waals surface area contributed by atoms with Crippen LogP contribution in [-0.4, -0.2) is 59.6 Å². The maximum Gasteiger partial charge on any atom is 0.408 e. The van der Waals surface area contributed by atoms with Gasteiger partial charge >= 0.3 is 6.09 Å². The van der Waals surface area contributed by atoms with Crippen LogP contribution in [0.5, 0.6) is 0 Å². The lowest BCUT2D eigenvalue weighted by Crippen LogP contribution is -2.54. The molecule has 0 aromatic rings. The minimum Gasteiger partial charge on any atom is -0.548 e. The van der Waals surface area contributed by atoms with E-state index in [0.717, 1.165) is 0 Å². The molecular formula is C17H30N5O5-. The van der Waals surface area contributed by atoms with Crippen LogP contribution >= 0.6 is 0 Å². The molecule has 10 nitrogen and oxygen atoms in total. The highest BCUT2D eigenvalue weighted by atomic mass is 16.6. The van der Waals surface area contributed by atoms with Crippen molar-refractivity contribution in [1.82, 2.24) is 10.2 Å². The Balaban J connectivity index is 2.83. The fourth-order valence-corrected chi connectivity index (χ4v) is 2.73. The van der Waals surface area contributed by atoms with E-state index in [1.54, 1.807) is 13.8 Å². The molecule has 0 saturated carbocycles. The topological polar surface area (TPSA) is 163 Å². The number of likely N-dealkylation sites (tertiary alicyclic amines) is 1. The molecule has 154 valence electrons. The predicted molar refractivity (Wildman–Crippen MR) is 97.4 cm³/mol. The monoisotopic (exact) mass is 384 g/mol. The molecule has 10 heteroatoms. The number of carboxylic acid groups (broad SMARTS) is 1. The molecule has 0 aliphatic carbocycles.